The Hall–Kier alpha value is -1.39. The summed E-state index contributed by atoms with van der Waals surface area (Å²) in [7, 11) is 0. The summed E-state index contributed by atoms with van der Waals surface area (Å²) in [4.78, 5) is 12.5. The lowest BCUT2D eigenvalue weighted by atomic mass is 9.91. The van der Waals surface area contributed by atoms with Gasteiger partial charge in [0.1, 0.15) is 6.04 Å². The summed E-state index contributed by atoms with van der Waals surface area (Å²) < 4.78 is 0. The Morgan fingerprint density at radius 1 is 1.20 bits per heavy atom. The first-order valence-corrected chi connectivity index (χ1v) is 7.53. The molecule has 0 saturated heterocycles. The zero-order chi connectivity index (χ0) is 13.9. The molecule has 1 aromatic carbocycles. The van der Waals surface area contributed by atoms with Gasteiger partial charge in [-0.25, -0.2) is 0 Å². The molecule has 0 aromatic heterocycles. The quantitative estimate of drug-likeness (QED) is 0.761. The minimum absolute atomic E-state index is 0.0681. The first-order chi connectivity index (χ1) is 9.74. The summed E-state index contributed by atoms with van der Waals surface area (Å²) in [6, 6.07) is 8.14. The van der Waals surface area contributed by atoms with Gasteiger partial charge in [-0.15, -0.1) is 0 Å². The van der Waals surface area contributed by atoms with Gasteiger partial charge in [-0.3, -0.25) is 4.79 Å². The van der Waals surface area contributed by atoms with Crippen molar-refractivity contribution >= 4 is 5.91 Å². The molecule has 1 amide bonds. The van der Waals surface area contributed by atoms with Crippen molar-refractivity contribution in [2.75, 3.05) is 6.54 Å². The summed E-state index contributed by atoms with van der Waals surface area (Å²) >= 11 is 0. The lowest BCUT2D eigenvalue weighted by Gasteiger charge is -2.30. The number of fused-ring (bicyclic) bond motifs is 1. The Bertz CT molecular complexity index is 481. The number of benzene rings is 1. The van der Waals surface area contributed by atoms with Gasteiger partial charge in [-0.2, -0.15) is 0 Å². The molecule has 1 atom stereocenters. The molecule has 2 aliphatic rings. The average Bonchev–Trinajstić information content (AvgIpc) is 2.49. The highest BCUT2D eigenvalue weighted by atomic mass is 16.3. The maximum absolute atomic E-state index is 12.5. The van der Waals surface area contributed by atoms with Crippen LogP contribution < -0.4 is 10.6 Å². The van der Waals surface area contributed by atoms with Crippen LogP contribution >= 0.6 is 0 Å². The molecule has 3 N–H and O–H groups in total. The minimum atomic E-state index is -0.230. The lowest BCUT2D eigenvalue weighted by Crippen LogP contribution is -2.46. The molecular weight excluding hydrogens is 252 g/mol. The maximum atomic E-state index is 12.5. The molecule has 1 unspecified atom stereocenters. The fourth-order valence-corrected chi connectivity index (χ4v) is 3.24. The molecule has 0 radical (unpaired) electrons. The molecule has 1 fully saturated rings. The van der Waals surface area contributed by atoms with Crippen molar-refractivity contribution in [3.63, 3.8) is 0 Å². The van der Waals surface area contributed by atoms with Crippen LogP contribution in [0.25, 0.3) is 0 Å². The Kier molecular flexibility index (Phi) is 4.03. The first-order valence-electron chi connectivity index (χ1n) is 7.53. The first kappa shape index (κ1) is 13.6. The largest absolute Gasteiger partial charge is 0.393 e. The fraction of sp³-hybridized carbons (Fsp3) is 0.562. The van der Waals surface area contributed by atoms with Crippen LogP contribution in [0.4, 0.5) is 0 Å². The van der Waals surface area contributed by atoms with Crippen LogP contribution in [0.2, 0.25) is 0 Å². The molecule has 1 aliphatic heterocycles. The van der Waals surface area contributed by atoms with E-state index in [0.717, 1.165) is 44.2 Å². The van der Waals surface area contributed by atoms with E-state index >= 15 is 0 Å². The van der Waals surface area contributed by atoms with E-state index in [4.69, 9.17) is 0 Å². The van der Waals surface area contributed by atoms with Crippen molar-refractivity contribution < 1.29 is 9.90 Å². The second kappa shape index (κ2) is 5.94. The van der Waals surface area contributed by atoms with E-state index < -0.39 is 0 Å². The van der Waals surface area contributed by atoms with E-state index in [9.17, 15) is 9.90 Å². The zero-order valence-electron chi connectivity index (χ0n) is 11.6. The molecule has 3 rings (SSSR count). The molecular formula is C16H22N2O2. The molecule has 1 aliphatic carbocycles. The van der Waals surface area contributed by atoms with Crippen LogP contribution in [0.5, 0.6) is 0 Å². The van der Waals surface area contributed by atoms with E-state index in [1.54, 1.807) is 0 Å². The molecule has 1 heterocycles. The summed E-state index contributed by atoms with van der Waals surface area (Å²) in [5, 5.41) is 16.0. The third-order valence-corrected chi connectivity index (χ3v) is 4.41. The van der Waals surface area contributed by atoms with Gasteiger partial charge in [0.15, 0.2) is 0 Å². The number of hydrogen-bond acceptors (Lipinski definition) is 3. The fourth-order valence-electron chi connectivity index (χ4n) is 3.24. The Morgan fingerprint density at radius 3 is 2.75 bits per heavy atom. The topological polar surface area (TPSA) is 61.4 Å². The highest BCUT2D eigenvalue weighted by Gasteiger charge is 2.28. The number of carbonyl (C=O) groups excluding carboxylic acids is 1. The van der Waals surface area contributed by atoms with Crippen LogP contribution in [0.1, 0.15) is 42.9 Å². The van der Waals surface area contributed by atoms with Gasteiger partial charge in [0.2, 0.25) is 5.91 Å². The molecule has 0 spiro atoms. The second-order valence-electron chi connectivity index (χ2n) is 5.85. The smallest absolute Gasteiger partial charge is 0.241 e. The van der Waals surface area contributed by atoms with Crippen molar-refractivity contribution in [1.29, 1.82) is 0 Å². The zero-order valence-corrected chi connectivity index (χ0v) is 11.6. The Labute approximate surface area is 119 Å². The van der Waals surface area contributed by atoms with Crippen molar-refractivity contribution in [3.05, 3.63) is 35.4 Å². The van der Waals surface area contributed by atoms with Crippen molar-refractivity contribution in [1.82, 2.24) is 10.6 Å². The maximum Gasteiger partial charge on any atom is 0.241 e. The van der Waals surface area contributed by atoms with Crippen LogP contribution in [0.3, 0.4) is 0 Å². The monoisotopic (exact) mass is 274 g/mol. The second-order valence-corrected chi connectivity index (χ2v) is 5.85. The van der Waals surface area contributed by atoms with Crippen LogP contribution in [0, 0.1) is 0 Å². The number of amides is 1. The SMILES string of the molecule is O=C(NC1CCC(O)CC1)C1NCCc2ccccc21. The van der Waals surface area contributed by atoms with Crippen LogP contribution in [0.15, 0.2) is 24.3 Å². The predicted octanol–water partition coefficient (Wildman–Crippen LogP) is 1.29. The molecule has 20 heavy (non-hydrogen) atoms. The lowest BCUT2D eigenvalue weighted by molar-refractivity contribution is -0.124. The van der Waals surface area contributed by atoms with Crippen molar-refractivity contribution in [2.45, 2.75) is 50.3 Å². The van der Waals surface area contributed by atoms with E-state index in [-0.39, 0.29) is 24.1 Å². The molecule has 4 heteroatoms. The van der Waals surface area contributed by atoms with Crippen molar-refractivity contribution in [2.24, 2.45) is 0 Å². The summed E-state index contributed by atoms with van der Waals surface area (Å²) in [5.74, 6) is 0.0681. The Morgan fingerprint density at radius 2 is 1.95 bits per heavy atom. The summed E-state index contributed by atoms with van der Waals surface area (Å²) in [6.07, 6.45) is 4.13. The highest BCUT2D eigenvalue weighted by molar-refractivity contribution is 5.84. The van der Waals surface area contributed by atoms with Crippen LogP contribution in [-0.2, 0) is 11.2 Å². The van der Waals surface area contributed by atoms with Crippen LogP contribution in [-0.4, -0.2) is 29.7 Å². The van der Waals surface area contributed by atoms with E-state index in [0.29, 0.717) is 0 Å². The molecule has 108 valence electrons. The van der Waals surface area contributed by atoms with E-state index in [1.807, 2.05) is 18.2 Å². The van der Waals surface area contributed by atoms with Crippen molar-refractivity contribution in [3.8, 4) is 0 Å². The average molecular weight is 274 g/mol. The van der Waals surface area contributed by atoms with Gasteiger partial charge >= 0.3 is 0 Å². The van der Waals surface area contributed by atoms with Gasteiger partial charge in [0.25, 0.3) is 0 Å². The Balaban J connectivity index is 1.66. The number of hydrogen-bond donors (Lipinski definition) is 3. The normalized spacial score (nSPS) is 29.6. The number of nitrogens with one attached hydrogen (secondary N) is 2. The summed E-state index contributed by atoms with van der Waals surface area (Å²) in [6.45, 7) is 0.846. The van der Waals surface area contributed by atoms with Gasteiger partial charge in [0, 0.05) is 12.6 Å². The minimum Gasteiger partial charge on any atom is -0.393 e. The van der Waals surface area contributed by atoms with Gasteiger partial charge < -0.3 is 15.7 Å². The third kappa shape index (κ3) is 2.86. The molecule has 1 saturated carbocycles. The van der Waals surface area contributed by atoms with Gasteiger partial charge in [-0.1, -0.05) is 24.3 Å². The standard InChI is InChI=1S/C16H22N2O2/c19-13-7-5-12(6-8-13)18-16(20)15-14-4-2-1-3-11(14)9-10-17-15/h1-4,12-13,15,17,19H,5-10H2,(H,18,20). The molecule has 0 bridgehead atoms. The molecule has 4 nitrogen and oxygen atoms in total. The summed E-state index contributed by atoms with van der Waals surface area (Å²) in [5.41, 5.74) is 2.37. The van der Waals surface area contributed by atoms with Gasteiger partial charge in [0.05, 0.1) is 6.10 Å². The number of aliphatic hydroxyl groups excluding tert-OH is 1. The highest BCUT2D eigenvalue weighted by Crippen LogP contribution is 2.24. The van der Waals surface area contributed by atoms with E-state index in [2.05, 4.69) is 16.7 Å². The third-order valence-electron chi connectivity index (χ3n) is 4.41. The molecule has 1 aromatic rings. The van der Waals surface area contributed by atoms with E-state index in [1.165, 1.54) is 5.56 Å². The van der Waals surface area contributed by atoms with Gasteiger partial charge in [-0.05, 0) is 43.2 Å². The number of carbonyl (C=O) groups is 1. The predicted molar refractivity (Wildman–Crippen MR) is 77.3 cm³/mol. The number of rotatable bonds is 2. The number of aliphatic hydroxyl groups is 1.